The molecule has 1 aromatic rings. The van der Waals surface area contributed by atoms with Crippen molar-refractivity contribution < 1.29 is 9.59 Å². The van der Waals surface area contributed by atoms with Crippen molar-refractivity contribution >= 4 is 11.7 Å². The number of likely N-dealkylation sites (N-methyl/N-ethyl adjacent to an activating group) is 1. The van der Waals surface area contributed by atoms with E-state index >= 15 is 0 Å². The van der Waals surface area contributed by atoms with Crippen LogP contribution < -0.4 is 10.6 Å². The molecular formula is C13H21N3O2. The summed E-state index contributed by atoms with van der Waals surface area (Å²) in [5.41, 5.74) is 1.06. The third-order valence-electron chi connectivity index (χ3n) is 2.77. The first-order valence-electron chi connectivity index (χ1n) is 6.14. The third-order valence-corrected chi connectivity index (χ3v) is 2.77. The predicted molar refractivity (Wildman–Crippen MR) is 70.9 cm³/mol. The van der Waals surface area contributed by atoms with E-state index in [1.54, 1.807) is 23.9 Å². The zero-order valence-corrected chi connectivity index (χ0v) is 11.4. The molecule has 1 amide bonds. The van der Waals surface area contributed by atoms with Gasteiger partial charge in [-0.2, -0.15) is 0 Å². The number of aromatic nitrogens is 1. The van der Waals surface area contributed by atoms with Gasteiger partial charge in [0.15, 0.2) is 5.78 Å². The van der Waals surface area contributed by atoms with E-state index in [4.69, 9.17) is 0 Å². The maximum Gasteiger partial charge on any atom is 0.267 e. The maximum atomic E-state index is 11.9. The van der Waals surface area contributed by atoms with Crippen LogP contribution in [-0.4, -0.2) is 35.4 Å². The van der Waals surface area contributed by atoms with Crippen molar-refractivity contribution in [2.45, 2.75) is 26.8 Å². The standard InChI is InChI=1S/C13H21N3O2/c1-5-14-9(2)7-15-13(18)12-6-11(10(3)17)8-16(12)4/h6,8-9,14H,5,7H2,1-4H3,(H,15,18)/t9-/m1/s1. The minimum atomic E-state index is -0.158. The third kappa shape index (κ3) is 3.70. The number of hydrogen-bond donors (Lipinski definition) is 2. The lowest BCUT2D eigenvalue weighted by atomic mass is 10.2. The molecule has 0 aliphatic rings. The summed E-state index contributed by atoms with van der Waals surface area (Å²) in [7, 11) is 1.76. The van der Waals surface area contributed by atoms with E-state index in [0.717, 1.165) is 6.54 Å². The Morgan fingerprint density at radius 2 is 2.11 bits per heavy atom. The number of amides is 1. The zero-order valence-electron chi connectivity index (χ0n) is 11.4. The Morgan fingerprint density at radius 1 is 1.44 bits per heavy atom. The Kier molecular flexibility index (Phi) is 5.09. The first-order valence-corrected chi connectivity index (χ1v) is 6.14. The highest BCUT2D eigenvalue weighted by Crippen LogP contribution is 2.07. The Hall–Kier alpha value is -1.62. The largest absolute Gasteiger partial charge is 0.349 e. The molecular weight excluding hydrogens is 230 g/mol. The number of carbonyl (C=O) groups is 2. The molecule has 5 nitrogen and oxygen atoms in total. The minimum Gasteiger partial charge on any atom is -0.349 e. The molecule has 2 N–H and O–H groups in total. The monoisotopic (exact) mass is 251 g/mol. The van der Waals surface area contributed by atoms with Crippen LogP contribution in [0, 0.1) is 0 Å². The number of ketones is 1. The molecule has 0 aromatic carbocycles. The molecule has 0 saturated heterocycles. The van der Waals surface area contributed by atoms with Crippen molar-refractivity contribution in [3.63, 3.8) is 0 Å². The smallest absolute Gasteiger partial charge is 0.267 e. The Bertz CT molecular complexity index is 437. The van der Waals surface area contributed by atoms with Gasteiger partial charge < -0.3 is 15.2 Å². The first kappa shape index (κ1) is 14.4. The molecule has 5 heteroatoms. The Morgan fingerprint density at radius 3 is 2.61 bits per heavy atom. The zero-order chi connectivity index (χ0) is 13.7. The first-order chi connectivity index (χ1) is 8.45. The van der Waals surface area contributed by atoms with E-state index in [1.165, 1.54) is 6.92 Å². The van der Waals surface area contributed by atoms with Gasteiger partial charge in [-0.1, -0.05) is 6.92 Å². The average molecular weight is 251 g/mol. The van der Waals surface area contributed by atoms with Gasteiger partial charge in [-0.05, 0) is 26.5 Å². The Balaban J connectivity index is 2.64. The van der Waals surface area contributed by atoms with Gasteiger partial charge in [0.05, 0.1) is 0 Å². The summed E-state index contributed by atoms with van der Waals surface area (Å²) in [5, 5.41) is 6.06. The van der Waals surface area contributed by atoms with Crippen molar-refractivity contribution in [3.05, 3.63) is 23.5 Å². The van der Waals surface area contributed by atoms with Gasteiger partial charge in [0.1, 0.15) is 5.69 Å². The molecule has 1 atom stereocenters. The second kappa shape index (κ2) is 6.35. The Labute approximate surface area is 108 Å². The van der Waals surface area contributed by atoms with Crippen molar-refractivity contribution in [2.24, 2.45) is 7.05 Å². The van der Waals surface area contributed by atoms with E-state index in [2.05, 4.69) is 10.6 Å². The summed E-state index contributed by atoms with van der Waals surface area (Å²) in [5.74, 6) is -0.194. The summed E-state index contributed by atoms with van der Waals surface area (Å²) in [4.78, 5) is 23.2. The number of Topliss-reactive ketones (excluding diaryl/α,β-unsaturated/α-hetero) is 1. The molecule has 0 aliphatic heterocycles. The molecule has 0 fully saturated rings. The molecule has 0 spiro atoms. The van der Waals surface area contributed by atoms with Gasteiger partial charge in [0.25, 0.3) is 5.91 Å². The molecule has 0 unspecified atom stereocenters. The quantitative estimate of drug-likeness (QED) is 0.740. The molecule has 0 bridgehead atoms. The second-order valence-electron chi connectivity index (χ2n) is 4.45. The summed E-state index contributed by atoms with van der Waals surface area (Å²) in [6, 6.07) is 1.85. The van der Waals surface area contributed by atoms with Crippen molar-refractivity contribution in [1.29, 1.82) is 0 Å². The van der Waals surface area contributed by atoms with Gasteiger partial charge in [0.2, 0.25) is 0 Å². The fourth-order valence-corrected chi connectivity index (χ4v) is 1.74. The van der Waals surface area contributed by atoms with Crippen LogP contribution in [0.2, 0.25) is 0 Å². The normalized spacial score (nSPS) is 12.2. The molecule has 1 heterocycles. The lowest BCUT2D eigenvalue weighted by molar-refractivity contribution is 0.0942. The van der Waals surface area contributed by atoms with Gasteiger partial charge in [-0.3, -0.25) is 9.59 Å². The van der Waals surface area contributed by atoms with Crippen LogP contribution in [0.25, 0.3) is 0 Å². The van der Waals surface area contributed by atoms with E-state index in [1.807, 2.05) is 13.8 Å². The topological polar surface area (TPSA) is 63.1 Å². The van der Waals surface area contributed by atoms with Crippen molar-refractivity contribution in [3.8, 4) is 0 Å². The fraction of sp³-hybridized carbons (Fsp3) is 0.538. The van der Waals surface area contributed by atoms with E-state index in [-0.39, 0.29) is 17.7 Å². The molecule has 0 aliphatic carbocycles. The summed E-state index contributed by atoms with van der Waals surface area (Å²) >= 11 is 0. The summed E-state index contributed by atoms with van der Waals surface area (Å²) in [6.45, 7) is 6.96. The van der Waals surface area contributed by atoms with Crippen LogP contribution in [0.3, 0.4) is 0 Å². The SMILES string of the molecule is CCN[C@H](C)CNC(=O)c1cc(C(C)=O)cn1C. The second-order valence-corrected chi connectivity index (χ2v) is 4.45. The molecule has 0 saturated carbocycles. The number of carbonyl (C=O) groups excluding carboxylic acids is 2. The van der Waals surface area contributed by atoms with Gasteiger partial charge >= 0.3 is 0 Å². The van der Waals surface area contributed by atoms with E-state index < -0.39 is 0 Å². The highest BCUT2D eigenvalue weighted by molar-refractivity contribution is 5.99. The lowest BCUT2D eigenvalue weighted by Crippen LogP contribution is -2.39. The van der Waals surface area contributed by atoms with Crippen LogP contribution in [-0.2, 0) is 7.05 Å². The number of nitrogens with one attached hydrogen (secondary N) is 2. The van der Waals surface area contributed by atoms with E-state index in [9.17, 15) is 9.59 Å². The number of rotatable bonds is 6. The van der Waals surface area contributed by atoms with Crippen LogP contribution in [0.15, 0.2) is 12.3 Å². The molecule has 100 valence electrons. The number of hydrogen-bond acceptors (Lipinski definition) is 3. The molecule has 0 radical (unpaired) electrons. The minimum absolute atomic E-state index is 0.0364. The number of nitrogens with zero attached hydrogens (tertiary/aromatic N) is 1. The van der Waals surface area contributed by atoms with Crippen LogP contribution >= 0.6 is 0 Å². The highest BCUT2D eigenvalue weighted by atomic mass is 16.2. The van der Waals surface area contributed by atoms with Gasteiger partial charge in [-0.25, -0.2) is 0 Å². The molecule has 1 aromatic heterocycles. The lowest BCUT2D eigenvalue weighted by Gasteiger charge is -2.13. The molecule has 18 heavy (non-hydrogen) atoms. The summed E-state index contributed by atoms with van der Waals surface area (Å²) < 4.78 is 1.67. The molecule has 1 rings (SSSR count). The van der Waals surface area contributed by atoms with Crippen LogP contribution in [0.1, 0.15) is 41.6 Å². The van der Waals surface area contributed by atoms with Crippen LogP contribution in [0.5, 0.6) is 0 Å². The average Bonchev–Trinajstić information content (AvgIpc) is 2.69. The highest BCUT2D eigenvalue weighted by Gasteiger charge is 2.14. The number of aryl methyl sites for hydroxylation is 1. The fourth-order valence-electron chi connectivity index (χ4n) is 1.74. The maximum absolute atomic E-state index is 11.9. The van der Waals surface area contributed by atoms with Gasteiger partial charge in [-0.15, -0.1) is 0 Å². The van der Waals surface area contributed by atoms with Gasteiger partial charge in [0, 0.05) is 31.4 Å². The van der Waals surface area contributed by atoms with Crippen molar-refractivity contribution in [1.82, 2.24) is 15.2 Å². The summed E-state index contributed by atoms with van der Waals surface area (Å²) in [6.07, 6.45) is 1.67. The van der Waals surface area contributed by atoms with Crippen LogP contribution in [0.4, 0.5) is 0 Å². The van der Waals surface area contributed by atoms with Crippen molar-refractivity contribution in [2.75, 3.05) is 13.1 Å². The predicted octanol–water partition coefficient (Wildman–Crippen LogP) is 0.955. The van der Waals surface area contributed by atoms with E-state index in [0.29, 0.717) is 17.8 Å².